The van der Waals surface area contributed by atoms with E-state index in [0.717, 1.165) is 11.3 Å². The lowest BCUT2D eigenvalue weighted by Crippen LogP contribution is -2.04. The van der Waals surface area contributed by atoms with E-state index in [0.29, 0.717) is 12.4 Å². The summed E-state index contributed by atoms with van der Waals surface area (Å²) in [6.45, 7) is 0.792. The first-order valence-electron chi connectivity index (χ1n) is 5.96. The molecule has 0 spiro atoms. The van der Waals surface area contributed by atoms with Gasteiger partial charge in [-0.15, -0.1) is 0 Å². The van der Waals surface area contributed by atoms with Crippen molar-refractivity contribution in [3.05, 3.63) is 54.0 Å². The zero-order valence-corrected chi connectivity index (χ0v) is 10.3. The zero-order chi connectivity index (χ0) is 13.5. The van der Waals surface area contributed by atoms with Crippen LogP contribution in [-0.2, 0) is 6.54 Å². The highest BCUT2D eigenvalue weighted by Crippen LogP contribution is 2.13. The van der Waals surface area contributed by atoms with Crippen LogP contribution in [0.4, 0.5) is 10.1 Å². The molecule has 0 radical (unpaired) electrons. The predicted octanol–water partition coefficient (Wildman–Crippen LogP) is 2.20. The maximum atomic E-state index is 12.7. The molecule has 4 nitrogen and oxygen atoms in total. The van der Waals surface area contributed by atoms with Gasteiger partial charge in [-0.25, -0.2) is 9.37 Å². The number of nitrogens with one attached hydrogen (secondary N) is 1. The van der Waals surface area contributed by atoms with Crippen LogP contribution in [0.15, 0.2) is 42.6 Å². The van der Waals surface area contributed by atoms with Gasteiger partial charge in [0.2, 0.25) is 5.88 Å². The van der Waals surface area contributed by atoms with Gasteiger partial charge in [0.25, 0.3) is 0 Å². The Morgan fingerprint density at radius 2 is 1.95 bits per heavy atom. The van der Waals surface area contributed by atoms with Crippen LogP contribution >= 0.6 is 0 Å². The van der Waals surface area contributed by atoms with Crippen LogP contribution in [0.2, 0.25) is 0 Å². The molecule has 2 N–H and O–H groups in total. The zero-order valence-electron chi connectivity index (χ0n) is 10.3. The van der Waals surface area contributed by atoms with Crippen LogP contribution < -0.4 is 10.1 Å². The van der Waals surface area contributed by atoms with Crippen LogP contribution in [0, 0.1) is 5.82 Å². The number of rotatable bonds is 6. The maximum Gasteiger partial charge on any atom is 0.213 e. The van der Waals surface area contributed by atoms with Crippen LogP contribution in [0.3, 0.4) is 0 Å². The number of aromatic nitrogens is 1. The average Bonchev–Trinajstić information content (AvgIpc) is 2.46. The molecule has 100 valence electrons. The van der Waals surface area contributed by atoms with E-state index in [1.165, 1.54) is 12.1 Å². The van der Waals surface area contributed by atoms with E-state index < -0.39 is 0 Å². The Morgan fingerprint density at radius 3 is 2.58 bits per heavy atom. The largest absolute Gasteiger partial charge is 0.475 e. The molecule has 0 saturated carbocycles. The number of hydrogen-bond acceptors (Lipinski definition) is 4. The van der Waals surface area contributed by atoms with E-state index in [1.807, 2.05) is 6.07 Å². The monoisotopic (exact) mass is 262 g/mol. The van der Waals surface area contributed by atoms with Gasteiger partial charge in [-0.1, -0.05) is 12.1 Å². The van der Waals surface area contributed by atoms with E-state index in [4.69, 9.17) is 9.84 Å². The first-order chi connectivity index (χ1) is 9.28. The summed E-state index contributed by atoms with van der Waals surface area (Å²) in [6.07, 6.45) is 1.65. The minimum atomic E-state index is -0.240. The highest BCUT2D eigenvalue weighted by molar-refractivity contribution is 5.42. The summed E-state index contributed by atoms with van der Waals surface area (Å²) in [5, 5.41) is 11.8. The van der Waals surface area contributed by atoms with Crippen molar-refractivity contribution in [3.63, 3.8) is 0 Å². The fraction of sp³-hybridized carbons (Fsp3) is 0.214. The van der Waals surface area contributed by atoms with Gasteiger partial charge < -0.3 is 15.2 Å². The lowest BCUT2D eigenvalue weighted by atomic mass is 10.2. The Labute approximate surface area is 110 Å². The summed E-state index contributed by atoms with van der Waals surface area (Å²) in [4.78, 5) is 4.09. The van der Waals surface area contributed by atoms with Gasteiger partial charge in [0.1, 0.15) is 12.4 Å². The maximum absolute atomic E-state index is 12.7. The fourth-order valence-electron chi connectivity index (χ4n) is 1.53. The molecule has 0 fully saturated rings. The lowest BCUT2D eigenvalue weighted by molar-refractivity contribution is 0.196. The minimum Gasteiger partial charge on any atom is -0.475 e. The smallest absolute Gasteiger partial charge is 0.213 e. The normalized spacial score (nSPS) is 10.2. The standard InChI is InChI=1S/C14H15FN2O2/c15-12-3-1-11(2-4-12)9-16-13-5-6-14(17-10-13)19-8-7-18/h1-6,10,16,18H,7-9H2. The molecule has 0 unspecified atom stereocenters. The third kappa shape index (κ3) is 4.22. The molecular formula is C14H15FN2O2. The van der Waals surface area contributed by atoms with E-state index in [1.54, 1.807) is 24.4 Å². The second-order valence-corrected chi connectivity index (χ2v) is 3.94. The fourth-order valence-corrected chi connectivity index (χ4v) is 1.53. The van der Waals surface area contributed by atoms with E-state index >= 15 is 0 Å². The number of benzene rings is 1. The highest BCUT2D eigenvalue weighted by atomic mass is 19.1. The Hall–Kier alpha value is -2.14. The first kappa shape index (κ1) is 13.3. The molecule has 0 bridgehead atoms. The molecule has 19 heavy (non-hydrogen) atoms. The number of ether oxygens (including phenoxy) is 1. The number of aliphatic hydroxyl groups is 1. The number of halogens is 1. The Kier molecular flexibility index (Phi) is 4.69. The second kappa shape index (κ2) is 6.70. The molecule has 1 aromatic heterocycles. The van der Waals surface area contributed by atoms with Gasteiger partial charge in [0.15, 0.2) is 0 Å². The van der Waals surface area contributed by atoms with Crippen molar-refractivity contribution >= 4 is 5.69 Å². The molecule has 1 aromatic carbocycles. The Balaban J connectivity index is 1.87. The topological polar surface area (TPSA) is 54.4 Å². The van der Waals surface area contributed by atoms with Crippen LogP contribution in [0.1, 0.15) is 5.56 Å². The summed E-state index contributed by atoms with van der Waals surface area (Å²) in [6, 6.07) is 9.89. The van der Waals surface area contributed by atoms with Crippen molar-refractivity contribution in [2.24, 2.45) is 0 Å². The van der Waals surface area contributed by atoms with Gasteiger partial charge >= 0.3 is 0 Å². The summed E-state index contributed by atoms with van der Waals surface area (Å²) >= 11 is 0. The molecular weight excluding hydrogens is 247 g/mol. The van der Waals surface area contributed by atoms with Crippen molar-refractivity contribution in [3.8, 4) is 5.88 Å². The Morgan fingerprint density at radius 1 is 1.16 bits per heavy atom. The van der Waals surface area contributed by atoms with Gasteiger partial charge in [0, 0.05) is 12.6 Å². The SMILES string of the molecule is OCCOc1ccc(NCc2ccc(F)cc2)cn1. The number of aliphatic hydroxyl groups excluding tert-OH is 1. The summed E-state index contributed by atoms with van der Waals surface area (Å²) in [7, 11) is 0. The quantitative estimate of drug-likeness (QED) is 0.838. The van der Waals surface area contributed by atoms with Crippen molar-refractivity contribution in [1.29, 1.82) is 0 Å². The van der Waals surface area contributed by atoms with Crippen molar-refractivity contribution in [2.45, 2.75) is 6.54 Å². The molecule has 0 saturated heterocycles. The second-order valence-electron chi connectivity index (χ2n) is 3.94. The Bertz CT molecular complexity index is 500. The molecule has 2 aromatic rings. The van der Waals surface area contributed by atoms with Crippen molar-refractivity contribution in [2.75, 3.05) is 18.5 Å². The summed E-state index contributed by atoms with van der Waals surface area (Å²) in [5.74, 6) is 0.234. The van der Waals surface area contributed by atoms with Gasteiger partial charge in [-0.3, -0.25) is 0 Å². The van der Waals surface area contributed by atoms with Crippen LogP contribution in [0.5, 0.6) is 5.88 Å². The molecule has 2 rings (SSSR count). The molecule has 0 atom stereocenters. The number of pyridine rings is 1. The molecule has 5 heteroatoms. The van der Waals surface area contributed by atoms with Gasteiger partial charge in [-0.05, 0) is 23.8 Å². The molecule has 0 aliphatic heterocycles. The summed E-state index contributed by atoms with van der Waals surface area (Å²) < 4.78 is 17.9. The lowest BCUT2D eigenvalue weighted by Gasteiger charge is -2.07. The predicted molar refractivity (Wildman–Crippen MR) is 70.5 cm³/mol. The molecule has 0 aliphatic carbocycles. The number of anilines is 1. The van der Waals surface area contributed by atoms with Crippen LogP contribution in [-0.4, -0.2) is 23.3 Å². The molecule has 0 amide bonds. The minimum absolute atomic E-state index is 0.0355. The van der Waals surface area contributed by atoms with Gasteiger partial charge in [0.05, 0.1) is 18.5 Å². The number of nitrogens with zero attached hydrogens (tertiary/aromatic N) is 1. The molecule has 1 heterocycles. The first-order valence-corrected chi connectivity index (χ1v) is 5.96. The number of hydrogen-bond donors (Lipinski definition) is 2. The molecule has 0 aliphatic rings. The van der Waals surface area contributed by atoms with E-state index in [2.05, 4.69) is 10.3 Å². The van der Waals surface area contributed by atoms with Gasteiger partial charge in [-0.2, -0.15) is 0 Å². The van der Waals surface area contributed by atoms with Crippen LogP contribution in [0.25, 0.3) is 0 Å². The summed E-state index contributed by atoms with van der Waals surface area (Å²) in [5.41, 5.74) is 1.84. The average molecular weight is 262 g/mol. The highest BCUT2D eigenvalue weighted by Gasteiger charge is 1.98. The van der Waals surface area contributed by atoms with Crippen molar-refractivity contribution < 1.29 is 14.2 Å². The third-order valence-corrected chi connectivity index (χ3v) is 2.49. The third-order valence-electron chi connectivity index (χ3n) is 2.49. The van der Waals surface area contributed by atoms with Crippen molar-refractivity contribution in [1.82, 2.24) is 4.98 Å². The van der Waals surface area contributed by atoms with E-state index in [-0.39, 0.29) is 19.0 Å². The van der Waals surface area contributed by atoms with E-state index in [9.17, 15) is 4.39 Å².